The van der Waals surface area contributed by atoms with Crippen LogP contribution in [0.25, 0.3) is 10.9 Å². The summed E-state index contributed by atoms with van der Waals surface area (Å²) in [5.74, 6) is 0. The van der Waals surface area contributed by atoms with Crippen molar-refractivity contribution in [2.45, 2.75) is 23.3 Å². The number of hydrogen-bond donors (Lipinski definition) is 2. The van der Waals surface area contributed by atoms with E-state index in [1.54, 1.807) is 23.3 Å². The minimum Gasteiger partial charge on any atom is -0.394 e. The fourth-order valence-corrected chi connectivity index (χ4v) is 6.90. The number of para-hydroxylation sites is 1. The van der Waals surface area contributed by atoms with Gasteiger partial charge < -0.3 is 19.1 Å². The van der Waals surface area contributed by atoms with Crippen LogP contribution < -0.4 is 4.31 Å². The highest BCUT2D eigenvalue weighted by molar-refractivity contribution is 8.15. The average molecular weight is 505 g/mol. The van der Waals surface area contributed by atoms with Gasteiger partial charge in [-0.15, -0.1) is 11.3 Å². The lowest BCUT2D eigenvalue weighted by atomic mass is 10.2. The molecule has 0 aliphatic carbocycles. The van der Waals surface area contributed by atoms with E-state index < -0.39 is 0 Å². The van der Waals surface area contributed by atoms with Gasteiger partial charge in [-0.05, 0) is 35.5 Å². The minimum atomic E-state index is 0.105. The first-order chi connectivity index (χ1) is 16.3. The molecule has 3 aromatic rings. The molecule has 33 heavy (non-hydrogen) atoms. The van der Waals surface area contributed by atoms with E-state index in [9.17, 15) is 5.11 Å². The van der Waals surface area contributed by atoms with Gasteiger partial charge >= 0.3 is 0 Å². The quantitative estimate of drug-likeness (QED) is 0.423. The second-order valence-electron chi connectivity index (χ2n) is 7.57. The van der Waals surface area contributed by atoms with Crippen molar-refractivity contribution in [2.24, 2.45) is 4.99 Å². The summed E-state index contributed by atoms with van der Waals surface area (Å²) < 4.78 is 8.84. The lowest BCUT2D eigenvalue weighted by Crippen LogP contribution is -2.40. The number of thiophene rings is 1. The van der Waals surface area contributed by atoms with Crippen LogP contribution in [-0.2, 0) is 4.74 Å². The molecule has 6 nitrogen and oxygen atoms in total. The van der Waals surface area contributed by atoms with Gasteiger partial charge in [0, 0.05) is 30.3 Å². The molecule has 4 heterocycles. The van der Waals surface area contributed by atoms with Crippen LogP contribution in [0.1, 0.15) is 19.5 Å². The van der Waals surface area contributed by atoms with Crippen LogP contribution in [0.2, 0.25) is 0 Å². The number of rotatable bonds is 8. The van der Waals surface area contributed by atoms with Crippen molar-refractivity contribution in [1.29, 1.82) is 0 Å². The molecule has 2 aliphatic heterocycles. The van der Waals surface area contributed by atoms with Crippen LogP contribution >= 0.6 is 35.0 Å². The largest absolute Gasteiger partial charge is 0.394 e. The number of thioether (sulfide) groups is 1. The molecule has 1 saturated heterocycles. The Morgan fingerprint density at radius 3 is 2.85 bits per heavy atom. The summed E-state index contributed by atoms with van der Waals surface area (Å²) >= 11 is 5.26. The zero-order chi connectivity index (χ0) is 23.0. The molecule has 2 aromatic heterocycles. The van der Waals surface area contributed by atoms with Crippen molar-refractivity contribution in [2.75, 3.05) is 56.8 Å². The molecule has 2 aliphatic rings. The molecule has 0 bridgehead atoms. The molecule has 1 unspecified atom stereocenters. The summed E-state index contributed by atoms with van der Waals surface area (Å²) in [6, 6.07) is 12.7. The fourth-order valence-electron chi connectivity index (χ4n) is 3.93. The van der Waals surface area contributed by atoms with Crippen LogP contribution in [0.3, 0.4) is 0 Å². The molecule has 0 radical (unpaired) electrons. The zero-order valence-corrected chi connectivity index (χ0v) is 21.6. The maximum atomic E-state index is 9.64. The van der Waals surface area contributed by atoms with Crippen LogP contribution in [0, 0.1) is 0 Å². The lowest BCUT2D eigenvalue weighted by molar-refractivity contribution is 0.0385. The third kappa shape index (κ3) is 6.15. The van der Waals surface area contributed by atoms with Gasteiger partial charge in [0.2, 0.25) is 0 Å². The third-order valence-electron chi connectivity index (χ3n) is 5.41. The molecule has 1 fully saturated rings. The first-order valence-corrected chi connectivity index (χ1v) is 14.1. The number of H-pyrrole nitrogens is 1. The molecule has 9 heteroatoms. The Morgan fingerprint density at radius 1 is 1.24 bits per heavy atom. The molecule has 0 saturated carbocycles. The summed E-state index contributed by atoms with van der Waals surface area (Å²) in [6.45, 7) is 10.3. The van der Waals surface area contributed by atoms with Gasteiger partial charge in [0.15, 0.2) is 0 Å². The zero-order valence-electron chi connectivity index (χ0n) is 19.2. The first-order valence-electron chi connectivity index (χ1n) is 11.5. The lowest BCUT2D eigenvalue weighted by Gasteiger charge is -2.28. The van der Waals surface area contributed by atoms with Gasteiger partial charge in [-0.1, -0.05) is 43.8 Å². The molecule has 1 aromatic carbocycles. The van der Waals surface area contributed by atoms with Gasteiger partial charge in [0.25, 0.3) is 0 Å². The highest BCUT2D eigenvalue weighted by Crippen LogP contribution is 2.37. The SMILES string of the molecule is CC.OCCN(Sc1cccs1)c1cccc2cc(C3=NCC(CN4CCOCC4)S3)[nH]c12. The molecule has 2 N–H and O–H groups in total. The smallest absolute Gasteiger partial charge is 0.114 e. The molecule has 1 atom stereocenters. The number of aromatic amines is 1. The molecular weight excluding hydrogens is 472 g/mol. The number of ether oxygens (including phenoxy) is 1. The number of aliphatic imine (C=N–C) groups is 1. The van der Waals surface area contributed by atoms with Crippen molar-refractivity contribution in [3.63, 3.8) is 0 Å². The number of morpholine rings is 1. The van der Waals surface area contributed by atoms with E-state index in [0.29, 0.717) is 11.8 Å². The van der Waals surface area contributed by atoms with Crippen LogP contribution in [0.4, 0.5) is 5.69 Å². The fraction of sp³-hybridized carbons (Fsp3) is 0.458. The highest BCUT2D eigenvalue weighted by atomic mass is 32.2. The summed E-state index contributed by atoms with van der Waals surface area (Å²) in [4.78, 5) is 11.0. The predicted molar refractivity (Wildman–Crippen MR) is 144 cm³/mol. The maximum absolute atomic E-state index is 9.64. The summed E-state index contributed by atoms with van der Waals surface area (Å²) in [5.41, 5.74) is 3.27. The highest BCUT2D eigenvalue weighted by Gasteiger charge is 2.25. The molecular formula is C24H32N4O2S3. The second kappa shape index (κ2) is 12.3. The number of nitrogens with zero attached hydrogens (tertiary/aromatic N) is 3. The molecule has 0 spiro atoms. The van der Waals surface area contributed by atoms with Gasteiger partial charge in [-0.25, -0.2) is 0 Å². The Morgan fingerprint density at radius 2 is 2.09 bits per heavy atom. The average Bonchev–Trinajstić information content (AvgIpc) is 3.61. The predicted octanol–water partition coefficient (Wildman–Crippen LogP) is 4.96. The summed E-state index contributed by atoms with van der Waals surface area (Å²) in [5, 5.41) is 14.5. The number of hydrogen-bond acceptors (Lipinski definition) is 8. The third-order valence-corrected chi connectivity index (χ3v) is 8.71. The number of aromatic nitrogens is 1. The summed E-state index contributed by atoms with van der Waals surface area (Å²) in [7, 11) is 0. The van der Waals surface area contributed by atoms with Crippen molar-refractivity contribution >= 4 is 56.7 Å². The number of benzene rings is 1. The first kappa shape index (κ1) is 24.6. The van der Waals surface area contributed by atoms with Gasteiger partial charge in [-0.2, -0.15) is 0 Å². The van der Waals surface area contributed by atoms with E-state index in [1.165, 1.54) is 9.60 Å². The second-order valence-corrected chi connectivity index (χ2v) is 11.1. The minimum absolute atomic E-state index is 0.105. The van der Waals surface area contributed by atoms with E-state index >= 15 is 0 Å². The molecule has 0 amide bonds. The van der Waals surface area contributed by atoms with Crippen LogP contribution in [-0.4, -0.2) is 77.8 Å². The van der Waals surface area contributed by atoms with E-state index in [1.807, 2.05) is 25.6 Å². The molecule has 178 valence electrons. The van der Waals surface area contributed by atoms with Crippen LogP contribution in [0.15, 0.2) is 51.0 Å². The topological polar surface area (TPSA) is 64.1 Å². The molecule has 5 rings (SSSR count). The summed E-state index contributed by atoms with van der Waals surface area (Å²) in [6.07, 6.45) is 0. The number of aliphatic hydroxyl groups excluding tert-OH is 1. The van der Waals surface area contributed by atoms with E-state index in [4.69, 9.17) is 9.73 Å². The Hall–Kier alpha value is -1.49. The Balaban J connectivity index is 0.00000126. The van der Waals surface area contributed by atoms with E-state index in [0.717, 1.165) is 61.3 Å². The van der Waals surface area contributed by atoms with Crippen LogP contribution in [0.5, 0.6) is 0 Å². The monoisotopic (exact) mass is 504 g/mol. The number of anilines is 1. The maximum Gasteiger partial charge on any atom is 0.114 e. The van der Waals surface area contributed by atoms with E-state index in [-0.39, 0.29) is 6.61 Å². The van der Waals surface area contributed by atoms with Crippen molar-refractivity contribution in [1.82, 2.24) is 9.88 Å². The van der Waals surface area contributed by atoms with Gasteiger partial charge in [-0.3, -0.25) is 9.89 Å². The standard InChI is InChI=1S/C22H26N4O2S3.C2H6/c27-9-6-26(31-20-5-2-12-29-20)19-4-1-3-16-13-18(24-21(16)19)22-23-14-17(30-22)15-25-7-10-28-11-8-25;1-2/h1-5,12-13,17,24,27H,6-11,14-15H2;1-2H3. The van der Waals surface area contributed by atoms with Gasteiger partial charge in [0.1, 0.15) is 5.04 Å². The van der Waals surface area contributed by atoms with E-state index in [2.05, 4.69) is 56.0 Å². The Kier molecular flexibility index (Phi) is 9.17. The Bertz CT molecular complexity index is 1030. The number of fused-ring (bicyclic) bond motifs is 1. The number of aliphatic hydroxyl groups is 1. The van der Waals surface area contributed by atoms with Crippen molar-refractivity contribution in [3.8, 4) is 0 Å². The van der Waals surface area contributed by atoms with Crippen molar-refractivity contribution in [3.05, 3.63) is 47.5 Å². The van der Waals surface area contributed by atoms with Crippen molar-refractivity contribution < 1.29 is 9.84 Å². The number of nitrogens with one attached hydrogen (secondary N) is 1. The normalized spacial score (nSPS) is 18.8. The van der Waals surface area contributed by atoms with Gasteiger partial charge in [0.05, 0.1) is 54.0 Å². The Labute approximate surface area is 208 Å².